The second kappa shape index (κ2) is 12.3. The second-order valence-corrected chi connectivity index (χ2v) is 22.6. The molecule has 4 fully saturated rings. The van der Waals surface area contributed by atoms with Crippen LogP contribution in [-0.4, -0.2) is 70.4 Å². The molecule has 332 valence electrons. The molecule has 6 aromatic rings. The molecular weight excluding hydrogens is 896 g/mol. The van der Waals surface area contributed by atoms with Gasteiger partial charge in [-0.2, -0.15) is 17.5 Å². The minimum atomic E-state index is -1.32. The summed E-state index contributed by atoms with van der Waals surface area (Å²) in [7, 11) is -5.26. The molecule has 66 heavy (non-hydrogen) atoms. The molecule has 0 saturated carbocycles. The number of aromatic nitrogens is 4. The summed E-state index contributed by atoms with van der Waals surface area (Å²) >= 11 is 1.66. The van der Waals surface area contributed by atoms with E-state index in [-0.39, 0.29) is 43.9 Å². The van der Waals surface area contributed by atoms with Crippen LogP contribution in [0.3, 0.4) is 0 Å². The lowest BCUT2D eigenvalue weighted by molar-refractivity contribution is 0.113. The maximum atomic E-state index is 16.9. The molecule has 0 amide bonds. The van der Waals surface area contributed by atoms with E-state index >= 15 is 17.6 Å². The van der Waals surface area contributed by atoms with Crippen LogP contribution in [0.1, 0.15) is 124 Å². The highest BCUT2D eigenvalue weighted by Crippen LogP contribution is 2.60. The van der Waals surface area contributed by atoms with Gasteiger partial charge in [-0.25, -0.2) is 17.6 Å². The summed E-state index contributed by atoms with van der Waals surface area (Å²) in [4.78, 5) is 0. The summed E-state index contributed by atoms with van der Waals surface area (Å²) in [6.07, 6.45) is -5.04. The Bertz CT molecular complexity index is 2860. The summed E-state index contributed by atoms with van der Waals surface area (Å²) in [5.74, 6) is -4.67. The topological polar surface area (TPSA) is 125 Å². The summed E-state index contributed by atoms with van der Waals surface area (Å²) in [5.41, 5.74) is 3.97. The van der Waals surface area contributed by atoms with E-state index in [1.807, 2.05) is 55.4 Å². The zero-order valence-electron chi connectivity index (χ0n) is 36.6. The largest absolute Gasteiger partial charge is 0.500 e. The predicted molar refractivity (Wildman–Crippen MR) is 236 cm³/mol. The van der Waals surface area contributed by atoms with E-state index in [1.54, 1.807) is 0 Å². The van der Waals surface area contributed by atoms with E-state index in [4.69, 9.17) is 37.2 Å². The summed E-state index contributed by atoms with van der Waals surface area (Å²) in [5, 5.41) is 0. The molecule has 0 spiro atoms. The first-order valence-electron chi connectivity index (χ1n) is 22.3. The molecule has 0 radical (unpaired) electrons. The zero-order chi connectivity index (χ0) is 45.2. The fraction of sp³-hybridized carbons (Fsp3) is 0.455. The van der Waals surface area contributed by atoms with Crippen molar-refractivity contribution >= 4 is 95.8 Å². The highest BCUT2D eigenvalue weighted by atomic mass is 32.1. The standard InChI is InChI=1S/C44H36B4F4N4O8S2/c1-41(2)17-9-14-18-10-13(17)33-37(41)61-45(57-33)21-25(49)26(50)22(30-29(21)53-65-54-30)47-59-35-15-11-20-16(12-19(15)43(5,6)39(35)63-47)36-40(44(20,7)8)64-48(60-36)24-28(52)27(51)23(31-32(24)56-66-55-31)46-58-34(14)38(62-46)42(18,3)4/h9-12,33-40H,1-8H3. The number of halogens is 4. The molecule has 2 aromatic heterocycles. The van der Waals surface area contributed by atoms with Crippen LogP contribution in [-0.2, 0) is 58.9 Å². The summed E-state index contributed by atoms with van der Waals surface area (Å²) < 4.78 is 139. The molecule has 8 atom stereocenters. The minimum Gasteiger partial charge on any atom is -0.400 e. The molecule has 27 rings (SSSR count). The van der Waals surface area contributed by atoms with Crippen molar-refractivity contribution in [2.45, 2.75) is 126 Å². The molecule has 8 unspecified atom stereocenters. The number of benzene rings is 4. The fourth-order valence-corrected chi connectivity index (χ4v) is 14.5. The van der Waals surface area contributed by atoms with Gasteiger partial charge in [0.05, 0.1) is 94.1 Å². The van der Waals surface area contributed by atoms with E-state index in [2.05, 4.69) is 41.8 Å². The average molecular weight is 932 g/mol. The van der Waals surface area contributed by atoms with Crippen LogP contribution >= 0.6 is 23.5 Å². The number of fused-ring (bicyclic) bond motifs is 2. The fourth-order valence-electron chi connectivity index (χ4n) is 13.3. The van der Waals surface area contributed by atoms with Crippen molar-refractivity contribution in [1.29, 1.82) is 0 Å². The second-order valence-electron chi connectivity index (χ2n) is 21.6. The maximum Gasteiger partial charge on any atom is 0.500 e. The van der Waals surface area contributed by atoms with Crippen molar-refractivity contribution in [2.75, 3.05) is 0 Å². The SMILES string of the molecule is CC1(C)c2cc3c4cc2C2OB(OC21)c1c(F)c(F)c(c2nsnc12)B1OC2c5cc6c(cc5C(C)(C)C2O1)C1OB(OC1C6(C)C)c1c(F)c(F)c(c2nsnc12)B1OC3C(O1)C4(C)C. The molecule has 24 bridgehead atoms. The quantitative estimate of drug-likeness (QED) is 0.148. The first kappa shape index (κ1) is 40.1. The Kier molecular flexibility index (Phi) is 7.48. The molecule has 12 nitrogen and oxygen atoms in total. The zero-order valence-corrected chi connectivity index (χ0v) is 38.3. The Morgan fingerprint density at radius 2 is 0.591 bits per heavy atom. The third-order valence-corrected chi connectivity index (χ3v) is 17.9. The van der Waals surface area contributed by atoms with Crippen LogP contribution in [0.25, 0.3) is 22.1 Å². The normalized spacial score (nSPS) is 31.2. The number of nitrogens with zero attached hydrogens (tertiary/aromatic N) is 4. The van der Waals surface area contributed by atoms with Crippen molar-refractivity contribution in [1.82, 2.24) is 17.5 Å². The summed E-state index contributed by atoms with van der Waals surface area (Å²) in [6.45, 7) is 16.1. The summed E-state index contributed by atoms with van der Waals surface area (Å²) in [6, 6.07) is 8.23. The Morgan fingerprint density at radius 3 is 0.803 bits per heavy atom. The van der Waals surface area contributed by atoms with E-state index in [0.717, 1.165) is 68.0 Å². The molecule has 4 aromatic carbocycles. The average Bonchev–Trinajstić information content (AvgIpc) is 4.13. The van der Waals surface area contributed by atoms with Gasteiger partial charge >= 0.3 is 28.5 Å². The predicted octanol–water partition coefficient (Wildman–Crippen LogP) is 5.14. The molecular formula is C44H36B4F4N4O8S2. The van der Waals surface area contributed by atoms with Crippen LogP contribution in [0, 0.1) is 23.3 Å². The van der Waals surface area contributed by atoms with Crippen LogP contribution in [0.4, 0.5) is 17.6 Å². The van der Waals surface area contributed by atoms with Gasteiger partial charge in [-0.05, 0) is 44.5 Å². The number of hydrogen-bond donors (Lipinski definition) is 0. The van der Waals surface area contributed by atoms with Crippen molar-refractivity contribution in [3.63, 3.8) is 0 Å². The van der Waals surface area contributed by atoms with Gasteiger partial charge < -0.3 is 37.2 Å². The Balaban J connectivity index is 0.926. The van der Waals surface area contributed by atoms with Crippen molar-refractivity contribution < 1.29 is 54.8 Å². The lowest BCUT2D eigenvalue weighted by Gasteiger charge is -2.29. The van der Waals surface area contributed by atoms with Crippen molar-refractivity contribution in [2.24, 2.45) is 0 Å². The van der Waals surface area contributed by atoms with Gasteiger partial charge in [-0.1, -0.05) is 79.7 Å². The minimum absolute atomic E-state index is 0.113. The van der Waals surface area contributed by atoms with Crippen LogP contribution < -0.4 is 21.9 Å². The van der Waals surface area contributed by atoms with E-state index in [0.29, 0.717) is 0 Å². The molecule has 4 aliphatic carbocycles. The number of rotatable bonds is 0. The van der Waals surface area contributed by atoms with Crippen LogP contribution in [0.5, 0.6) is 0 Å². The maximum absolute atomic E-state index is 16.9. The van der Waals surface area contributed by atoms with Crippen molar-refractivity contribution in [3.05, 3.63) is 92.0 Å². The lowest BCUT2D eigenvalue weighted by Crippen LogP contribution is -2.45. The smallest absolute Gasteiger partial charge is 0.400 e. The Labute approximate surface area is 384 Å². The molecule has 22 heteroatoms. The Morgan fingerprint density at radius 1 is 0.379 bits per heavy atom. The van der Waals surface area contributed by atoms with Gasteiger partial charge in [0.1, 0.15) is 22.1 Å². The highest BCUT2D eigenvalue weighted by Gasteiger charge is 2.64. The highest BCUT2D eigenvalue weighted by molar-refractivity contribution is 7.00. The lowest BCUT2D eigenvalue weighted by atomic mass is 9.70. The molecule has 0 N–H and O–H groups in total. The molecule has 21 aliphatic rings. The van der Waals surface area contributed by atoms with Gasteiger partial charge in [0.15, 0.2) is 23.3 Å². The van der Waals surface area contributed by atoms with Crippen LogP contribution in [0.2, 0.25) is 0 Å². The molecule has 17 aliphatic heterocycles. The van der Waals surface area contributed by atoms with Gasteiger partial charge in [-0.15, -0.1) is 0 Å². The van der Waals surface area contributed by atoms with E-state index < -0.39 is 122 Å². The molecule has 4 saturated heterocycles. The first-order chi connectivity index (χ1) is 31.4. The van der Waals surface area contributed by atoms with Gasteiger partial charge in [0.25, 0.3) is 0 Å². The van der Waals surface area contributed by atoms with E-state index in [9.17, 15) is 0 Å². The van der Waals surface area contributed by atoms with Gasteiger partial charge in [-0.3, -0.25) is 0 Å². The third kappa shape index (κ3) is 4.51. The van der Waals surface area contributed by atoms with Crippen molar-refractivity contribution in [3.8, 4) is 0 Å². The van der Waals surface area contributed by atoms with Crippen LogP contribution in [0.15, 0.2) is 24.3 Å². The Hall–Kier alpha value is -3.82. The third-order valence-electron chi connectivity index (χ3n) is 16.8. The molecule has 19 heterocycles. The number of hydrogen-bond acceptors (Lipinski definition) is 14. The van der Waals surface area contributed by atoms with Gasteiger partial charge in [0, 0.05) is 21.7 Å². The van der Waals surface area contributed by atoms with E-state index in [1.165, 1.54) is 0 Å². The first-order valence-corrected chi connectivity index (χ1v) is 23.7. The monoisotopic (exact) mass is 932 g/mol. The van der Waals surface area contributed by atoms with Gasteiger partial charge in [0.2, 0.25) is 0 Å².